The summed E-state index contributed by atoms with van der Waals surface area (Å²) in [5.41, 5.74) is 0.670. The molecule has 1 amide bonds. The van der Waals surface area contributed by atoms with E-state index in [1.807, 2.05) is 0 Å². The van der Waals surface area contributed by atoms with Gasteiger partial charge in [0, 0.05) is 6.54 Å². The number of rotatable bonds is 7. The third-order valence-electron chi connectivity index (χ3n) is 2.99. The van der Waals surface area contributed by atoms with Crippen molar-refractivity contribution in [3.63, 3.8) is 0 Å². The highest BCUT2D eigenvalue weighted by atomic mass is 32.2. The van der Waals surface area contributed by atoms with Crippen molar-refractivity contribution in [2.45, 2.75) is 6.92 Å². The third-order valence-corrected chi connectivity index (χ3v) is 4.85. The molecule has 0 radical (unpaired) electrons. The number of ether oxygens (including phenoxy) is 1. The second-order valence-electron chi connectivity index (χ2n) is 5.01. The average Bonchev–Trinajstić information content (AvgIpc) is 2.77. The molecule has 0 saturated carbocycles. The average molecular weight is 400 g/mol. The Morgan fingerprint density at radius 3 is 2.68 bits per heavy atom. The first-order chi connectivity index (χ1) is 11.7. The van der Waals surface area contributed by atoms with Gasteiger partial charge in [-0.2, -0.15) is 8.42 Å². The standard InChI is InChI=1S/C16H17NO5S3/c1-4-8-17-15(18)14(24-16(17)23)10-11-6-7-12(22-25(3,19)20)13(9-11)21-5-2/h4,6-7,9-10H,1,5,8H2,2-3H3/b14-10-. The molecule has 9 heteroatoms. The van der Waals surface area contributed by atoms with Crippen LogP contribution in [0.1, 0.15) is 12.5 Å². The largest absolute Gasteiger partial charge is 0.490 e. The Hall–Kier alpha value is -1.84. The van der Waals surface area contributed by atoms with Gasteiger partial charge >= 0.3 is 10.1 Å². The predicted molar refractivity (Wildman–Crippen MR) is 103 cm³/mol. The first kappa shape index (κ1) is 19.5. The van der Waals surface area contributed by atoms with Crippen LogP contribution in [0.5, 0.6) is 11.5 Å². The van der Waals surface area contributed by atoms with Crippen molar-refractivity contribution in [3.8, 4) is 11.5 Å². The summed E-state index contributed by atoms with van der Waals surface area (Å²) in [5, 5.41) is 0. The lowest BCUT2D eigenvalue weighted by Gasteiger charge is -2.11. The maximum atomic E-state index is 12.3. The summed E-state index contributed by atoms with van der Waals surface area (Å²) in [6.07, 6.45) is 4.24. The number of nitrogens with zero attached hydrogens (tertiary/aromatic N) is 1. The van der Waals surface area contributed by atoms with Gasteiger partial charge in [-0.15, -0.1) is 6.58 Å². The van der Waals surface area contributed by atoms with Crippen LogP contribution in [-0.4, -0.2) is 43.0 Å². The van der Waals surface area contributed by atoms with E-state index in [0.29, 0.717) is 27.9 Å². The number of carbonyl (C=O) groups is 1. The van der Waals surface area contributed by atoms with Gasteiger partial charge in [0.15, 0.2) is 11.5 Å². The van der Waals surface area contributed by atoms with E-state index < -0.39 is 10.1 Å². The van der Waals surface area contributed by atoms with Crippen molar-refractivity contribution < 1.29 is 22.1 Å². The Morgan fingerprint density at radius 2 is 2.08 bits per heavy atom. The molecule has 1 heterocycles. The minimum absolute atomic E-state index is 0.0979. The van der Waals surface area contributed by atoms with E-state index in [0.717, 1.165) is 6.26 Å². The summed E-state index contributed by atoms with van der Waals surface area (Å²) in [4.78, 5) is 14.3. The highest BCUT2D eigenvalue weighted by Crippen LogP contribution is 2.35. The quantitative estimate of drug-likeness (QED) is 0.302. The third kappa shape index (κ3) is 5.07. The van der Waals surface area contributed by atoms with Crippen LogP contribution in [0.2, 0.25) is 0 Å². The number of carbonyl (C=O) groups excluding carboxylic acids is 1. The molecule has 1 aliphatic rings. The molecule has 1 aromatic carbocycles. The fraction of sp³-hybridized carbons (Fsp3) is 0.250. The number of thiocarbonyl (C=S) groups is 1. The van der Waals surface area contributed by atoms with Gasteiger partial charge in [0.25, 0.3) is 5.91 Å². The van der Waals surface area contributed by atoms with Crippen LogP contribution in [-0.2, 0) is 14.9 Å². The molecule has 1 aromatic rings. The Morgan fingerprint density at radius 1 is 1.36 bits per heavy atom. The zero-order valence-electron chi connectivity index (χ0n) is 13.7. The Kier molecular flexibility index (Phi) is 6.26. The predicted octanol–water partition coefficient (Wildman–Crippen LogP) is 2.81. The van der Waals surface area contributed by atoms with Crippen LogP contribution in [0, 0.1) is 0 Å². The summed E-state index contributed by atoms with van der Waals surface area (Å²) in [7, 11) is -3.67. The van der Waals surface area contributed by atoms with E-state index >= 15 is 0 Å². The van der Waals surface area contributed by atoms with E-state index in [9.17, 15) is 13.2 Å². The molecule has 0 aromatic heterocycles. The van der Waals surface area contributed by atoms with Crippen molar-refractivity contribution in [1.29, 1.82) is 0 Å². The maximum absolute atomic E-state index is 12.3. The van der Waals surface area contributed by atoms with Crippen LogP contribution < -0.4 is 8.92 Å². The van der Waals surface area contributed by atoms with Crippen LogP contribution >= 0.6 is 24.0 Å². The van der Waals surface area contributed by atoms with E-state index in [-0.39, 0.29) is 17.4 Å². The number of amides is 1. The molecule has 1 aliphatic heterocycles. The molecule has 1 fully saturated rings. The van der Waals surface area contributed by atoms with Crippen LogP contribution in [0.15, 0.2) is 35.8 Å². The van der Waals surface area contributed by atoms with Crippen LogP contribution in [0.4, 0.5) is 0 Å². The van der Waals surface area contributed by atoms with Gasteiger partial charge in [0.1, 0.15) is 4.32 Å². The number of benzene rings is 1. The smallest absolute Gasteiger partial charge is 0.306 e. The molecule has 6 nitrogen and oxygen atoms in total. The van der Waals surface area contributed by atoms with E-state index in [1.54, 1.807) is 31.2 Å². The molecule has 134 valence electrons. The Labute approximate surface area is 156 Å². The summed E-state index contributed by atoms with van der Waals surface area (Å²) in [6.45, 7) is 6.08. The van der Waals surface area contributed by atoms with Crippen molar-refractivity contribution in [2.75, 3.05) is 19.4 Å². The van der Waals surface area contributed by atoms with Gasteiger partial charge in [-0.3, -0.25) is 9.69 Å². The van der Waals surface area contributed by atoms with E-state index in [4.69, 9.17) is 21.1 Å². The second kappa shape index (κ2) is 8.03. The lowest BCUT2D eigenvalue weighted by molar-refractivity contribution is -0.121. The molecule has 1 saturated heterocycles. The topological polar surface area (TPSA) is 72.9 Å². The number of thioether (sulfide) groups is 1. The molecule has 0 spiro atoms. The molecule has 0 bridgehead atoms. The highest BCUT2D eigenvalue weighted by Gasteiger charge is 2.31. The zero-order chi connectivity index (χ0) is 18.6. The minimum Gasteiger partial charge on any atom is -0.490 e. The number of hydrogen-bond donors (Lipinski definition) is 0. The molecule has 25 heavy (non-hydrogen) atoms. The number of hydrogen-bond acceptors (Lipinski definition) is 7. The van der Waals surface area contributed by atoms with Crippen molar-refractivity contribution in [3.05, 3.63) is 41.3 Å². The molecule has 2 rings (SSSR count). The molecule has 0 unspecified atom stereocenters. The fourth-order valence-corrected chi connectivity index (χ4v) is 3.79. The maximum Gasteiger partial charge on any atom is 0.306 e. The van der Waals surface area contributed by atoms with Crippen LogP contribution in [0.3, 0.4) is 0 Å². The minimum atomic E-state index is -3.67. The van der Waals surface area contributed by atoms with Crippen LogP contribution in [0.25, 0.3) is 6.08 Å². The van der Waals surface area contributed by atoms with E-state index in [1.165, 1.54) is 22.7 Å². The summed E-state index contributed by atoms with van der Waals surface area (Å²) in [5.74, 6) is 0.188. The SMILES string of the molecule is C=CCN1C(=O)/C(=C/c2ccc(OS(C)(=O)=O)c(OCC)c2)SC1=S. The van der Waals surface area contributed by atoms with Crippen molar-refractivity contribution in [2.24, 2.45) is 0 Å². The molecule has 0 N–H and O–H groups in total. The molecular weight excluding hydrogens is 382 g/mol. The zero-order valence-corrected chi connectivity index (χ0v) is 16.2. The first-order valence-electron chi connectivity index (χ1n) is 7.27. The fourth-order valence-electron chi connectivity index (χ4n) is 2.05. The lowest BCUT2D eigenvalue weighted by Crippen LogP contribution is -2.27. The molecule has 0 aliphatic carbocycles. The first-order valence-corrected chi connectivity index (χ1v) is 10.3. The van der Waals surface area contributed by atoms with Gasteiger partial charge in [-0.1, -0.05) is 36.1 Å². The highest BCUT2D eigenvalue weighted by molar-refractivity contribution is 8.26. The monoisotopic (exact) mass is 399 g/mol. The summed E-state index contributed by atoms with van der Waals surface area (Å²) < 4.78 is 33.5. The van der Waals surface area contributed by atoms with Crippen molar-refractivity contribution in [1.82, 2.24) is 4.90 Å². The van der Waals surface area contributed by atoms with Gasteiger partial charge in [-0.25, -0.2) is 0 Å². The van der Waals surface area contributed by atoms with Gasteiger partial charge in [0.2, 0.25) is 0 Å². The van der Waals surface area contributed by atoms with Crippen molar-refractivity contribution >= 4 is 50.4 Å². The molecular formula is C16H17NO5S3. The molecule has 0 atom stereocenters. The summed E-state index contributed by atoms with van der Waals surface area (Å²) in [6, 6.07) is 4.75. The Bertz CT molecular complexity index is 845. The van der Waals surface area contributed by atoms with Gasteiger partial charge < -0.3 is 8.92 Å². The normalized spacial score (nSPS) is 16.4. The lowest BCUT2D eigenvalue weighted by atomic mass is 10.2. The Balaban J connectivity index is 2.34. The van der Waals surface area contributed by atoms with Gasteiger partial charge in [0.05, 0.1) is 17.8 Å². The summed E-state index contributed by atoms with van der Waals surface area (Å²) >= 11 is 6.40. The second-order valence-corrected chi connectivity index (χ2v) is 8.26. The van der Waals surface area contributed by atoms with E-state index in [2.05, 4.69) is 6.58 Å². The van der Waals surface area contributed by atoms with Gasteiger partial charge in [-0.05, 0) is 30.7 Å².